The second-order valence-electron chi connectivity index (χ2n) is 5.69. The number of carbonyl (C=O) groups excluding carboxylic acids is 1. The largest absolute Gasteiger partial charge is 0.383 e. The standard InChI is InChI=1S/C17H18FN5O3/c1-11-14-9-20-23(13-5-3-12(18)4-6-13)16(14)17(25)22(21-11)10-15(24)19-7-8-26-2/h3-6,9H,7-8,10H2,1-2H3,(H,19,24). The number of nitrogens with one attached hydrogen (secondary N) is 1. The molecule has 1 N–H and O–H groups in total. The zero-order chi connectivity index (χ0) is 18.7. The lowest BCUT2D eigenvalue weighted by atomic mass is 10.2. The van der Waals surface area contributed by atoms with Crippen molar-refractivity contribution in [3.63, 3.8) is 0 Å². The highest BCUT2D eigenvalue weighted by atomic mass is 19.1. The molecule has 0 aliphatic rings. The van der Waals surface area contributed by atoms with Crippen LogP contribution in [0.3, 0.4) is 0 Å². The average Bonchev–Trinajstić information content (AvgIpc) is 3.06. The molecule has 1 amide bonds. The van der Waals surface area contributed by atoms with E-state index < -0.39 is 5.56 Å². The Morgan fingerprint density at radius 3 is 2.73 bits per heavy atom. The molecule has 0 aliphatic heterocycles. The predicted octanol–water partition coefficient (Wildman–Crippen LogP) is 0.792. The lowest BCUT2D eigenvalue weighted by molar-refractivity contribution is -0.122. The van der Waals surface area contributed by atoms with Gasteiger partial charge in [0.05, 0.1) is 24.2 Å². The number of nitrogens with zero attached hydrogens (tertiary/aromatic N) is 4. The van der Waals surface area contributed by atoms with E-state index in [2.05, 4.69) is 15.5 Å². The number of hydrogen-bond donors (Lipinski definition) is 1. The zero-order valence-electron chi connectivity index (χ0n) is 14.4. The summed E-state index contributed by atoms with van der Waals surface area (Å²) in [6.07, 6.45) is 1.53. The third-order valence-electron chi connectivity index (χ3n) is 3.86. The summed E-state index contributed by atoms with van der Waals surface area (Å²) in [4.78, 5) is 24.8. The summed E-state index contributed by atoms with van der Waals surface area (Å²) in [7, 11) is 1.53. The summed E-state index contributed by atoms with van der Waals surface area (Å²) in [6.45, 7) is 2.24. The number of ether oxygens (including phenoxy) is 1. The lowest BCUT2D eigenvalue weighted by Gasteiger charge is -2.09. The second-order valence-corrected chi connectivity index (χ2v) is 5.69. The molecule has 0 bridgehead atoms. The minimum Gasteiger partial charge on any atom is -0.383 e. The van der Waals surface area contributed by atoms with Crippen molar-refractivity contribution in [2.45, 2.75) is 13.5 Å². The van der Waals surface area contributed by atoms with Crippen molar-refractivity contribution in [1.82, 2.24) is 24.9 Å². The van der Waals surface area contributed by atoms with E-state index in [0.717, 1.165) is 4.68 Å². The summed E-state index contributed by atoms with van der Waals surface area (Å²) in [5.74, 6) is -0.726. The monoisotopic (exact) mass is 359 g/mol. The van der Waals surface area contributed by atoms with Gasteiger partial charge in [0, 0.05) is 19.0 Å². The normalized spacial score (nSPS) is 11.0. The fourth-order valence-electron chi connectivity index (χ4n) is 2.59. The van der Waals surface area contributed by atoms with Crippen molar-refractivity contribution >= 4 is 16.8 Å². The molecule has 0 aliphatic carbocycles. The van der Waals surface area contributed by atoms with Gasteiger partial charge >= 0.3 is 0 Å². The van der Waals surface area contributed by atoms with Crippen molar-refractivity contribution in [3.05, 3.63) is 52.3 Å². The van der Waals surface area contributed by atoms with Gasteiger partial charge in [0.1, 0.15) is 17.9 Å². The van der Waals surface area contributed by atoms with E-state index in [0.29, 0.717) is 29.9 Å². The smallest absolute Gasteiger partial charge is 0.293 e. The van der Waals surface area contributed by atoms with Crippen LogP contribution in [0, 0.1) is 12.7 Å². The third-order valence-corrected chi connectivity index (χ3v) is 3.86. The Kier molecular flexibility index (Phi) is 5.08. The number of benzene rings is 1. The van der Waals surface area contributed by atoms with Crippen LogP contribution in [0.1, 0.15) is 5.69 Å². The molecule has 8 nitrogen and oxygen atoms in total. The molecule has 0 saturated heterocycles. The summed E-state index contributed by atoms with van der Waals surface area (Å²) < 4.78 is 20.6. The van der Waals surface area contributed by atoms with E-state index in [9.17, 15) is 14.0 Å². The number of aromatic nitrogens is 4. The molecule has 0 atom stereocenters. The maximum atomic E-state index is 13.2. The van der Waals surface area contributed by atoms with Crippen molar-refractivity contribution < 1.29 is 13.9 Å². The number of methoxy groups -OCH3 is 1. The molecule has 0 saturated carbocycles. The Morgan fingerprint density at radius 1 is 1.31 bits per heavy atom. The van der Waals surface area contributed by atoms with E-state index >= 15 is 0 Å². The van der Waals surface area contributed by atoms with Gasteiger partial charge in [0.2, 0.25) is 5.91 Å². The highest BCUT2D eigenvalue weighted by Crippen LogP contribution is 2.17. The van der Waals surface area contributed by atoms with E-state index in [4.69, 9.17) is 4.74 Å². The number of aryl methyl sites for hydroxylation is 1. The first-order chi connectivity index (χ1) is 12.5. The summed E-state index contributed by atoms with van der Waals surface area (Å²) in [5, 5.41) is 11.6. The highest BCUT2D eigenvalue weighted by molar-refractivity contribution is 5.82. The molecule has 3 aromatic rings. The molecule has 26 heavy (non-hydrogen) atoms. The summed E-state index contributed by atoms with van der Waals surface area (Å²) >= 11 is 0. The number of halogens is 1. The molecule has 1 aromatic carbocycles. The van der Waals surface area contributed by atoms with Gasteiger partial charge in [-0.25, -0.2) is 13.8 Å². The van der Waals surface area contributed by atoms with Gasteiger partial charge in [-0.1, -0.05) is 0 Å². The van der Waals surface area contributed by atoms with Gasteiger partial charge in [-0.3, -0.25) is 9.59 Å². The van der Waals surface area contributed by atoms with Gasteiger partial charge < -0.3 is 10.1 Å². The second kappa shape index (κ2) is 7.44. The van der Waals surface area contributed by atoms with Crippen LogP contribution in [0.5, 0.6) is 0 Å². The molecular formula is C17H18FN5O3. The van der Waals surface area contributed by atoms with Crippen molar-refractivity contribution in [3.8, 4) is 5.69 Å². The SMILES string of the molecule is COCCNC(=O)Cn1nc(C)c2cnn(-c3ccc(F)cc3)c2c1=O. The quantitative estimate of drug-likeness (QED) is 0.657. The van der Waals surface area contributed by atoms with Gasteiger partial charge in [0.25, 0.3) is 5.56 Å². The van der Waals surface area contributed by atoms with Crippen LogP contribution in [0.25, 0.3) is 16.6 Å². The Morgan fingerprint density at radius 2 is 2.04 bits per heavy atom. The van der Waals surface area contributed by atoms with Gasteiger partial charge in [0.15, 0.2) is 0 Å². The van der Waals surface area contributed by atoms with Crippen LogP contribution in [-0.4, -0.2) is 45.7 Å². The maximum absolute atomic E-state index is 13.2. The number of amides is 1. The molecule has 0 fully saturated rings. The van der Waals surface area contributed by atoms with E-state index in [1.54, 1.807) is 6.92 Å². The Bertz CT molecular complexity index is 994. The topological polar surface area (TPSA) is 91.0 Å². The van der Waals surface area contributed by atoms with Crippen molar-refractivity contribution in [1.29, 1.82) is 0 Å². The number of hydrogen-bond acceptors (Lipinski definition) is 5. The van der Waals surface area contributed by atoms with Gasteiger partial charge in [-0.05, 0) is 31.2 Å². The molecule has 2 heterocycles. The molecule has 0 spiro atoms. The zero-order valence-corrected chi connectivity index (χ0v) is 14.4. The van der Waals surface area contributed by atoms with Crippen molar-refractivity contribution in [2.75, 3.05) is 20.3 Å². The van der Waals surface area contributed by atoms with E-state index in [1.165, 1.54) is 42.3 Å². The molecule has 0 radical (unpaired) electrons. The van der Waals surface area contributed by atoms with E-state index in [-0.39, 0.29) is 23.8 Å². The fraction of sp³-hybridized carbons (Fsp3) is 0.294. The highest BCUT2D eigenvalue weighted by Gasteiger charge is 2.16. The summed E-state index contributed by atoms with van der Waals surface area (Å²) in [6, 6.07) is 5.63. The molecule has 3 rings (SSSR count). The molecular weight excluding hydrogens is 341 g/mol. The third kappa shape index (κ3) is 3.47. The first-order valence-electron chi connectivity index (χ1n) is 7.98. The average molecular weight is 359 g/mol. The van der Waals surface area contributed by atoms with Gasteiger partial charge in [-0.2, -0.15) is 10.2 Å². The fourth-order valence-corrected chi connectivity index (χ4v) is 2.59. The first kappa shape index (κ1) is 17.7. The molecule has 9 heteroatoms. The van der Waals surface area contributed by atoms with Crippen LogP contribution in [0.4, 0.5) is 4.39 Å². The van der Waals surface area contributed by atoms with Gasteiger partial charge in [-0.15, -0.1) is 0 Å². The minimum absolute atomic E-state index is 0.214. The lowest BCUT2D eigenvalue weighted by Crippen LogP contribution is -2.35. The van der Waals surface area contributed by atoms with Crippen molar-refractivity contribution in [2.24, 2.45) is 0 Å². The summed E-state index contributed by atoms with van der Waals surface area (Å²) in [5.41, 5.74) is 0.945. The molecule has 136 valence electrons. The molecule has 2 aromatic heterocycles. The maximum Gasteiger partial charge on any atom is 0.293 e. The predicted molar refractivity (Wildman–Crippen MR) is 92.7 cm³/mol. The Hall–Kier alpha value is -3.07. The van der Waals surface area contributed by atoms with Crippen LogP contribution >= 0.6 is 0 Å². The Labute approximate surface area is 148 Å². The van der Waals surface area contributed by atoms with Crippen LogP contribution in [0.15, 0.2) is 35.3 Å². The number of fused-ring (bicyclic) bond motifs is 1. The Balaban J connectivity index is 2.00. The minimum atomic E-state index is -0.450. The van der Waals surface area contributed by atoms with E-state index in [1.807, 2.05) is 0 Å². The van der Waals surface area contributed by atoms with Crippen LogP contribution in [0.2, 0.25) is 0 Å². The molecule has 0 unspecified atom stereocenters. The number of rotatable bonds is 6. The number of carbonyl (C=O) groups is 1. The first-order valence-corrected chi connectivity index (χ1v) is 7.98. The van der Waals surface area contributed by atoms with Crippen LogP contribution < -0.4 is 10.9 Å². The van der Waals surface area contributed by atoms with Crippen LogP contribution in [-0.2, 0) is 16.1 Å².